The van der Waals surface area contributed by atoms with E-state index in [4.69, 9.17) is 10.7 Å². The van der Waals surface area contributed by atoms with Crippen LogP contribution in [-0.4, -0.2) is 15.9 Å². The van der Waals surface area contributed by atoms with Crippen molar-refractivity contribution in [1.82, 2.24) is 9.38 Å². The van der Waals surface area contributed by atoms with Crippen molar-refractivity contribution in [2.75, 3.05) is 6.54 Å². The zero-order valence-corrected chi connectivity index (χ0v) is 13.2. The molecule has 3 rings (SSSR count). The van der Waals surface area contributed by atoms with Crippen LogP contribution in [-0.2, 0) is 6.42 Å². The molecule has 3 aromatic rings. The van der Waals surface area contributed by atoms with Crippen molar-refractivity contribution in [2.24, 2.45) is 5.73 Å². The predicted octanol–water partition coefficient (Wildman–Crippen LogP) is 3.75. The lowest BCUT2D eigenvalue weighted by Crippen LogP contribution is -2.05. The van der Waals surface area contributed by atoms with Crippen LogP contribution in [0.2, 0.25) is 0 Å². The summed E-state index contributed by atoms with van der Waals surface area (Å²) >= 11 is 5.18. The number of hydrogen-bond acceptors (Lipinski definition) is 3. The molecule has 0 aliphatic rings. The lowest BCUT2D eigenvalue weighted by atomic mass is 10.3. The second-order valence-corrected chi connectivity index (χ2v) is 6.37. The summed E-state index contributed by atoms with van der Waals surface area (Å²) < 4.78 is 3.19. The van der Waals surface area contributed by atoms with Crippen LogP contribution in [0.25, 0.3) is 5.65 Å². The zero-order valence-electron chi connectivity index (χ0n) is 10.8. The number of aromatic nitrogens is 2. The number of nitrogens with two attached hydrogens (primary N) is 1. The Bertz CT molecular complexity index is 739. The molecule has 0 unspecified atom stereocenters. The number of pyridine rings is 1. The van der Waals surface area contributed by atoms with E-state index in [2.05, 4.69) is 32.5 Å². The van der Waals surface area contributed by atoms with E-state index in [1.165, 1.54) is 10.6 Å². The minimum absolute atomic E-state index is 0.620. The second kappa shape index (κ2) is 5.99. The topological polar surface area (TPSA) is 43.3 Å². The molecule has 0 aliphatic heterocycles. The van der Waals surface area contributed by atoms with Crippen molar-refractivity contribution in [2.45, 2.75) is 16.3 Å². The lowest BCUT2D eigenvalue weighted by Gasteiger charge is -2.03. The first-order valence-corrected chi connectivity index (χ1v) is 7.98. The zero-order chi connectivity index (χ0) is 13.9. The molecular weight excluding hydrogens is 334 g/mol. The molecule has 0 amide bonds. The Labute approximate surface area is 130 Å². The third kappa shape index (κ3) is 2.75. The fourth-order valence-electron chi connectivity index (χ4n) is 2.11. The van der Waals surface area contributed by atoms with Gasteiger partial charge in [-0.1, -0.05) is 39.8 Å². The van der Waals surface area contributed by atoms with E-state index in [0.29, 0.717) is 6.54 Å². The fraction of sp³-hybridized carbons (Fsp3) is 0.133. The molecule has 2 aromatic heterocycles. The van der Waals surface area contributed by atoms with Gasteiger partial charge in [0.2, 0.25) is 0 Å². The Morgan fingerprint density at radius 2 is 2.10 bits per heavy atom. The maximum Gasteiger partial charge on any atom is 0.138 e. The van der Waals surface area contributed by atoms with Gasteiger partial charge in [0.1, 0.15) is 10.7 Å². The summed E-state index contributed by atoms with van der Waals surface area (Å²) in [6.07, 6.45) is 2.86. The van der Waals surface area contributed by atoms with Crippen LogP contribution in [0, 0.1) is 0 Å². The summed E-state index contributed by atoms with van der Waals surface area (Å²) in [6.45, 7) is 0.620. The Morgan fingerprint density at radius 1 is 1.20 bits per heavy atom. The normalized spacial score (nSPS) is 11.1. The van der Waals surface area contributed by atoms with Gasteiger partial charge in [-0.3, -0.25) is 0 Å². The molecule has 0 saturated heterocycles. The SMILES string of the molecule is NCCc1c(Sc2cccc(Br)c2)nc2ccccn12. The van der Waals surface area contributed by atoms with Crippen molar-refractivity contribution < 1.29 is 0 Å². The molecule has 1 aromatic carbocycles. The smallest absolute Gasteiger partial charge is 0.138 e. The van der Waals surface area contributed by atoms with Crippen LogP contribution in [0.15, 0.2) is 63.1 Å². The molecule has 0 saturated carbocycles. The maximum absolute atomic E-state index is 5.74. The van der Waals surface area contributed by atoms with Crippen LogP contribution in [0.5, 0.6) is 0 Å². The van der Waals surface area contributed by atoms with Gasteiger partial charge in [0, 0.05) is 22.0 Å². The van der Waals surface area contributed by atoms with Gasteiger partial charge in [0.15, 0.2) is 0 Å². The highest BCUT2D eigenvalue weighted by atomic mass is 79.9. The van der Waals surface area contributed by atoms with Crippen LogP contribution in [0.1, 0.15) is 5.69 Å². The number of rotatable bonds is 4. The minimum atomic E-state index is 0.620. The molecule has 0 aliphatic carbocycles. The second-order valence-electron chi connectivity index (χ2n) is 4.39. The lowest BCUT2D eigenvalue weighted by molar-refractivity contribution is 0.876. The average Bonchev–Trinajstić information content (AvgIpc) is 2.77. The molecular formula is C15H14BrN3S. The Morgan fingerprint density at radius 3 is 2.90 bits per heavy atom. The highest BCUT2D eigenvalue weighted by Crippen LogP contribution is 2.32. The van der Waals surface area contributed by atoms with Crippen LogP contribution >= 0.6 is 27.7 Å². The van der Waals surface area contributed by atoms with Crippen LogP contribution in [0.3, 0.4) is 0 Å². The molecule has 0 radical (unpaired) electrons. The molecule has 3 nitrogen and oxygen atoms in total. The van der Waals surface area contributed by atoms with Crippen molar-refractivity contribution in [3.05, 3.63) is 58.8 Å². The number of hydrogen-bond donors (Lipinski definition) is 1. The van der Waals surface area contributed by atoms with Crippen LogP contribution in [0.4, 0.5) is 0 Å². The molecule has 2 heterocycles. The number of fused-ring (bicyclic) bond motifs is 1. The van der Waals surface area contributed by atoms with Gasteiger partial charge in [-0.05, 0) is 36.9 Å². The van der Waals surface area contributed by atoms with Gasteiger partial charge in [0.25, 0.3) is 0 Å². The summed E-state index contributed by atoms with van der Waals surface area (Å²) in [5, 5.41) is 1.03. The van der Waals surface area contributed by atoms with Crippen molar-refractivity contribution in [1.29, 1.82) is 0 Å². The summed E-state index contributed by atoms with van der Waals surface area (Å²) in [5.41, 5.74) is 7.88. The maximum atomic E-state index is 5.74. The molecule has 2 N–H and O–H groups in total. The molecule has 5 heteroatoms. The van der Waals surface area contributed by atoms with Gasteiger partial charge >= 0.3 is 0 Å². The van der Waals surface area contributed by atoms with Crippen molar-refractivity contribution in [3.63, 3.8) is 0 Å². The highest BCUT2D eigenvalue weighted by Gasteiger charge is 2.12. The van der Waals surface area contributed by atoms with E-state index in [9.17, 15) is 0 Å². The van der Waals surface area contributed by atoms with Gasteiger partial charge in [0.05, 0.1) is 5.69 Å². The highest BCUT2D eigenvalue weighted by molar-refractivity contribution is 9.10. The molecule has 0 bridgehead atoms. The van der Waals surface area contributed by atoms with E-state index in [-0.39, 0.29) is 0 Å². The van der Waals surface area contributed by atoms with Crippen molar-refractivity contribution >= 4 is 33.3 Å². The van der Waals surface area contributed by atoms with Gasteiger partial charge in [-0.15, -0.1) is 0 Å². The Hall–Kier alpha value is -1.30. The first-order chi connectivity index (χ1) is 9.78. The standard InChI is InChI=1S/C15H14BrN3S/c16-11-4-3-5-12(10-11)20-15-13(7-8-17)19-9-2-1-6-14(19)18-15/h1-6,9-10H,7-8,17H2. The number of halogens is 1. The summed E-state index contributed by atoms with van der Waals surface area (Å²) in [7, 11) is 0. The monoisotopic (exact) mass is 347 g/mol. The average molecular weight is 348 g/mol. The quantitative estimate of drug-likeness (QED) is 0.781. The minimum Gasteiger partial charge on any atom is -0.330 e. The van der Waals surface area contributed by atoms with Crippen molar-refractivity contribution in [3.8, 4) is 0 Å². The molecule has 0 atom stereocenters. The molecule has 102 valence electrons. The summed E-state index contributed by atoms with van der Waals surface area (Å²) in [4.78, 5) is 5.88. The van der Waals surface area contributed by atoms with Gasteiger partial charge in [-0.25, -0.2) is 4.98 Å². The first kappa shape index (κ1) is 13.7. The Kier molecular flexibility index (Phi) is 4.10. The molecule has 20 heavy (non-hydrogen) atoms. The fourth-order valence-corrected chi connectivity index (χ4v) is 3.68. The van der Waals surface area contributed by atoms with E-state index < -0.39 is 0 Å². The number of nitrogens with zero attached hydrogens (tertiary/aromatic N) is 2. The molecule has 0 spiro atoms. The predicted molar refractivity (Wildman–Crippen MR) is 86.2 cm³/mol. The van der Waals surface area contributed by atoms with Gasteiger partial charge in [-0.2, -0.15) is 0 Å². The van der Waals surface area contributed by atoms with E-state index in [1.807, 2.05) is 36.5 Å². The summed E-state index contributed by atoms with van der Waals surface area (Å²) in [5.74, 6) is 0. The third-order valence-electron chi connectivity index (χ3n) is 2.98. The third-order valence-corrected chi connectivity index (χ3v) is 4.49. The van der Waals surface area contributed by atoms with E-state index >= 15 is 0 Å². The van der Waals surface area contributed by atoms with E-state index in [0.717, 1.165) is 21.6 Å². The van der Waals surface area contributed by atoms with Crippen LogP contribution < -0.4 is 5.73 Å². The molecule has 0 fully saturated rings. The van der Waals surface area contributed by atoms with Gasteiger partial charge < -0.3 is 10.1 Å². The largest absolute Gasteiger partial charge is 0.330 e. The summed E-state index contributed by atoms with van der Waals surface area (Å²) in [6, 6.07) is 14.3. The number of benzene rings is 1. The Balaban J connectivity index is 2.04. The van der Waals surface area contributed by atoms with E-state index in [1.54, 1.807) is 11.8 Å². The first-order valence-electron chi connectivity index (χ1n) is 6.37. The number of imidazole rings is 1.